The number of aliphatic hydroxyl groups is 2. The average Bonchev–Trinajstić information content (AvgIpc) is 2.42. The molecule has 0 spiro atoms. The van der Waals surface area contributed by atoms with Gasteiger partial charge in [0.15, 0.2) is 0 Å². The van der Waals surface area contributed by atoms with Gasteiger partial charge in [0.25, 0.3) is 0 Å². The van der Waals surface area contributed by atoms with E-state index >= 15 is 0 Å². The van der Waals surface area contributed by atoms with Crippen LogP contribution in [-0.4, -0.2) is 36.6 Å². The lowest BCUT2D eigenvalue weighted by Gasteiger charge is -2.42. The molecule has 2 unspecified atom stereocenters. The third kappa shape index (κ3) is 4.05. The predicted octanol–water partition coefficient (Wildman–Crippen LogP) is 2.92. The molecule has 0 radical (unpaired) electrons. The monoisotopic (exact) mass is 274 g/mol. The second-order valence-corrected chi connectivity index (χ2v) is 9.61. The van der Waals surface area contributed by atoms with Gasteiger partial charge < -0.3 is 14.6 Å². The van der Waals surface area contributed by atoms with Gasteiger partial charge in [0.05, 0.1) is 11.5 Å². The van der Waals surface area contributed by atoms with Gasteiger partial charge in [-0.2, -0.15) is 0 Å². The van der Waals surface area contributed by atoms with Crippen molar-refractivity contribution in [1.29, 1.82) is 0 Å². The van der Waals surface area contributed by atoms with Crippen molar-refractivity contribution < 1.29 is 14.6 Å². The number of rotatable bonds is 8. The Bertz CT molecular complexity index is 201. The summed E-state index contributed by atoms with van der Waals surface area (Å²) in [6.07, 6.45) is 8.02. The van der Waals surface area contributed by atoms with Crippen molar-refractivity contribution in [2.45, 2.75) is 82.7 Å². The zero-order chi connectivity index (χ0) is 13.4. The van der Waals surface area contributed by atoms with Crippen molar-refractivity contribution in [3.05, 3.63) is 0 Å². The van der Waals surface area contributed by atoms with Gasteiger partial charge in [0, 0.05) is 6.61 Å². The lowest BCUT2D eigenvalue weighted by atomic mass is 10.2. The van der Waals surface area contributed by atoms with E-state index in [9.17, 15) is 10.2 Å². The largest absolute Gasteiger partial charge is 0.412 e. The van der Waals surface area contributed by atoms with Crippen LogP contribution >= 0.6 is 0 Å². The van der Waals surface area contributed by atoms with Crippen molar-refractivity contribution in [3.8, 4) is 0 Å². The molecule has 1 heterocycles. The number of aliphatic hydroxyl groups excluding tert-OH is 2. The molecule has 1 aliphatic rings. The molecule has 0 aromatic heterocycles. The highest BCUT2D eigenvalue weighted by molar-refractivity contribution is 6.76. The third-order valence-electron chi connectivity index (χ3n) is 4.12. The van der Waals surface area contributed by atoms with Crippen LogP contribution in [0.25, 0.3) is 0 Å². The van der Waals surface area contributed by atoms with E-state index in [1.54, 1.807) is 0 Å². The minimum absolute atomic E-state index is 0.385. The maximum absolute atomic E-state index is 10.5. The third-order valence-corrected chi connectivity index (χ3v) is 8.83. The summed E-state index contributed by atoms with van der Waals surface area (Å²) in [4.78, 5) is 0. The molecular weight excluding hydrogens is 244 g/mol. The van der Waals surface area contributed by atoms with Crippen LogP contribution in [0.2, 0.25) is 6.04 Å². The Balaban J connectivity index is 2.66. The Morgan fingerprint density at radius 1 is 1.00 bits per heavy atom. The summed E-state index contributed by atoms with van der Waals surface area (Å²) in [6.45, 7) is 5.00. The van der Waals surface area contributed by atoms with Gasteiger partial charge in [-0.15, -0.1) is 0 Å². The molecular formula is C14H30O3Si. The predicted molar refractivity (Wildman–Crippen MR) is 76.8 cm³/mol. The van der Waals surface area contributed by atoms with Crippen LogP contribution < -0.4 is 0 Å². The molecule has 1 rings (SSSR count). The van der Waals surface area contributed by atoms with Crippen LogP contribution in [0.4, 0.5) is 0 Å². The molecule has 0 aromatic carbocycles. The van der Waals surface area contributed by atoms with Crippen LogP contribution in [0.15, 0.2) is 0 Å². The first-order chi connectivity index (χ1) is 8.67. The molecule has 1 saturated heterocycles. The van der Waals surface area contributed by atoms with Gasteiger partial charge >= 0.3 is 0 Å². The Hall–Kier alpha value is 0.0969. The summed E-state index contributed by atoms with van der Waals surface area (Å²) >= 11 is 0. The van der Waals surface area contributed by atoms with E-state index in [-0.39, 0.29) is 11.5 Å². The molecule has 3 nitrogen and oxygen atoms in total. The quantitative estimate of drug-likeness (QED) is 0.669. The van der Waals surface area contributed by atoms with Crippen molar-refractivity contribution in [3.63, 3.8) is 0 Å². The van der Waals surface area contributed by atoms with E-state index in [1.807, 2.05) is 0 Å². The van der Waals surface area contributed by atoms with Gasteiger partial charge in [-0.25, -0.2) is 0 Å². The smallest absolute Gasteiger partial charge is 0.248 e. The summed E-state index contributed by atoms with van der Waals surface area (Å²) in [7, 11) is -2.35. The fourth-order valence-electron chi connectivity index (χ4n) is 2.87. The number of unbranched alkanes of at least 4 members (excludes halogenated alkanes) is 2. The standard InChI is InChI=1S/C14H30O3Si/c1-3-5-9-13(15)18(12-8-7-11-17-18)14(16)10-6-4-2/h13-16H,3-12H2,1-2H3. The minimum atomic E-state index is -2.35. The number of hydrogen-bond acceptors (Lipinski definition) is 3. The first-order valence-corrected chi connectivity index (χ1v) is 9.94. The van der Waals surface area contributed by atoms with Crippen LogP contribution in [0.3, 0.4) is 0 Å². The van der Waals surface area contributed by atoms with E-state index in [1.165, 1.54) is 0 Å². The van der Waals surface area contributed by atoms with E-state index < -0.39 is 8.32 Å². The summed E-state index contributed by atoms with van der Waals surface area (Å²) < 4.78 is 6.02. The van der Waals surface area contributed by atoms with Crippen molar-refractivity contribution in [2.75, 3.05) is 6.61 Å². The molecule has 2 atom stereocenters. The highest BCUT2D eigenvalue weighted by Gasteiger charge is 2.49. The zero-order valence-electron chi connectivity index (χ0n) is 12.0. The fourth-order valence-corrected chi connectivity index (χ4v) is 7.22. The lowest BCUT2D eigenvalue weighted by Crippen LogP contribution is -2.61. The van der Waals surface area contributed by atoms with Gasteiger partial charge in [-0.3, -0.25) is 0 Å². The van der Waals surface area contributed by atoms with E-state index in [4.69, 9.17) is 4.43 Å². The van der Waals surface area contributed by atoms with Crippen LogP contribution in [0.5, 0.6) is 0 Å². The molecule has 108 valence electrons. The highest BCUT2D eigenvalue weighted by Crippen LogP contribution is 2.32. The molecule has 1 fully saturated rings. The second-order valence-electron chi connectivity index (χ2n) is 5.58. The van der Waals surface area contributed by atoms with E-state index in [0.717, 1.165) is 64.0 Å². The SMILES string of the molecule is CCCCC(O)[Si]1(C(O)CCCC)CCCCO1. The van der Waals surface area contributed by atoms with Crippen molar-refractivity contribution in [1.82, 2.24) is 0 Å². The minimum Gasteiger partial charge on any atom is -0.412 e. The highest BCUT2D eigenvalue weighted by atomic mass is 28.4. The maximum atomic E-state index is 10.5. The Morgan fingerprint density at radius 3 is 1.94 bits per heavy atom. The first kappa shape index (κ1) is 16.2. The number of hydrogen-bond donors (Lipinski definition) is 2. The molecule has 0 amide bonds. The molecule has 18 heavy (non-hydrogen) atoms. The Labute approximate surface area is 113 Å². The van der Waals surface area contributed by atoms with Gasteiger partial charge in [-0.05, 0) is 25.3 Å². The van der Waals surface area contributed by atoms with Gasteiger partial charge in [-0.1, -0.05) is 46.0 Å². The molecule has 0 aliphatic carbocycles. The van der Waals surface area contributed by atoms with Crippen LogP contribution in [-0.2, 0) is 4.43 Å². The van der Waals surface area contributed by atoms with Crippen molar-refractivity contribution in [2.24, 2.45) is 0 Å². The first-order valence-electron chi connectivity index (χ1n) is 7.67. The van der Waals surface area contributed by atoms with Crippen molar-refractivity contribution >= 4 is 8.32 Å². The van der Waals surface area contributed by atoms with Gasteiger partial charge in [0.2, 0.25) is 8.32 Å². The zero-order valence-corrected chi connectivity index (χ0v) is 13.0. The van der Waals surface area contributed by atoms with E-state index in [2.05, 4.69) is 13.8 Å². The van der Waals surface area contributed by atoms with Crippen LogP contribution in [0, 0.1) is 0 Å². The summed E-state index contributed by atoms with van der Waals surface area (Å²) in [5.74, 6) is 0. The molecule has 0 bridgehead atoms. The molecule has 0 saturated carbocycles. The lowest BCUT2D eigenvalue weighted by molar-refractivity contribution is 0.113. The maximum Gasteiger partial charge on any atom is 0.248 e. The summed E-state index contributed by atoms with van der Waals surface area (Å²) in [5.41, 5.74) is -0.769. The summed E-state index contributed by atoms with van der Waals surface area (Å²) in [5, 5.41) is 21.0. The van der Waals surface area contributed by atoms with Gasteiger partial charge in [0.1, 0.15) is 0 Å². The molecule has 2 N–H and O–H groups in total. The fraction of sp³-hybridized carbons (Fsp3) is 1.00. The van der Waals surface area contributed by atoms with E-state index in [0.29, 0.717) is 0 Å². The topological polar surface area (TPSA) is 49.7 Å². The van der Waals surface area contributed by atoms with Crippen LogP contribution in [0.1, 0.15) is 65.2 Å². The molecule has 1 aliphatic heterocycles. The molecule has 0 aromatic rings. The molecule has 4 heteroatoms. The Morgan fingerprint density at radius 2 is 1.56 bits per heavy atom. The average molecular weight is 274 g/mol. The second kappa shape index (κ2) is 8.30. The Kier molecular flexibility index (Phi) is 7.45. The normalized spacial score (nSPS) is 28.0. The summed E-state index contributed by atoms with van der Waals surface area (Å²) in [6, 6.07) is 0.933.